The lowest BCUT2D eigenvalue weighted by molar-refractivity contribution is -0.131. The first-order chi connectivity index (χ1) is 7.16. The van der Waals surface area contributed by atoms with Crippen LogP contribution in [0.3, 0.4) is 0 Å². The summed E-state index contributed by atoms with van der Waals surface area (Å²) < 4.78 is 0. The van der Waals surface area contributed by atoms with Gasteiger partial charge >= 0.3 is 0 Å². The molecule has 2 N–H and O–H groups in total. The SMILES string of the molecule is CC(C(=O)N(C)CCN)c1ccccc1. The lowest BCUT2D eigenvalue weighted by atomic mass is 10.00. The van der Waals surface area contributed by atoms with Gasteiger partial charge in [-0.15, -0.1) is 0 Å². The minimum absolute atomic E-state index is 0.0947. The summed E-state index contributed by atoms with van der Waals surface area (Å²) >= 11 is 0. The van der Waals surface area contributed by atoms with E-state index < -0.39 is 0 Å². The Morgan fingerprint density at radius 2 is 2.00 bits per heavy atom. The minimum Gasteiger partial charge on any atom is -0.344 e. The highest BCUT2D eigenvalue weighted by molar-refractivity contribution is 5.83. The zero-order valence-corrected chi connectivity index (χ0v) is 9.31. The summed E-state index contributed by atoms with van der Waals surface area (Å²) in [4.78, 5) is 13.6. The molecule has 1 rings (SSSR count). The predicted molar refractivity (Wildman–Crippen MR) is 61.5 cm³/mol. The van der Waals surface area contributed by atoms with Crippen molar-refractivity contribution in [3.05, 3.63) is 35.9 Å². The quantitative estimate of drug-likeness (QED) is 0.804. The van der Waals surface area contributed by atoms with Crippen molar-refractivity contribution in [1.82, 2.24) is 4.90 Å². The largest absolute Gasteiger partial charge is 0.344 e. The molecule has 1 aromatic rings. The van der Waals surface area contributed by atoms with E-state index in [0.29, 0.717) is 13.1 Å². The van der Waals surface area contributed by atoms with E-state index in [0.717, 1.165) is 5.56 Å². The number of hydrogen-bond donors (Lipinski definition) is 1. The van der Waals surface area contributed by atoms with Crippen LogP contribution in [-0.4, -0.2) is 30.9 Å². The molecule has 0 heterocycles. The van der Waals surface area contributed by atoms with Crippen molar-refractivity contribution in [3.8, 4) is 0 Å². The minimum atomic E-state index is -0.0947. The Labute approximate surface area is 90.9 Å². The Kier molecular flexibility index (Phi) is 4.31. The summed E-state index contributed by atoms with van der Waals surface area (Å²) in [5.74, 6) is 0.0226. The van der Waals surface area contributed by atoms with E-state index >= 15 is 0 Å². The van der Waals surface area contributed by atoms with Gasteiger partial charge < -0.3 is 10.6 Å². The first-order valence-electron chi connectivity index (χ1n) is 5.16. The van der Waals surface area contributed by atoms with Gasteiger partial charge in [-0.25, -0.2) is 0 Å². The summed E-state index contributed by atoms with van der Waals surface area (Å²) in [5, 5.41) is 0. The third-order valence-corrected chi connectivity index (χ3v) is 2.51. The van der Waals surface area contributed by atoms with Crippen molar-refractivity contribution in [2.45, 2.75) is 12.8 Å². The van der Waals surface area contributed by atoms with E-state index in [9.17, 15) is 4.79 Å². The monoisotopic (exact) mass is 206 g/mol. The van der Waals surface area contributed by atoms with E-state index in [4.69, 9.17) is 5.73 Å². The fourth-order valence-electron chi connectivity index (χ4n) is 1.52. The lowest BCUT2D eigenvalue weighted by Gasteiger charge is -2.20. The molecule has 0 aromatic heterocycles. The van der Waals surface area contributed by atoms with Crippen LogP contribution in [0, 0.1) is 0 Å². The van der Waals surface area contributed by atoms with Crippen LogP contribution in [0.25, 0.3) is 0 Å². The van der Waals surface area contributed by atoms with Crippen molar-refractivity contribution in [2.75, 3.05) is 20.1 Å². The smallest absolute Gasteiger partial charge is 0.229 e. The summed E-state index contributed by atoms with van der Waals surface area (Å²) in [6.45, 7) is 3.03. The molecular formula is C12H18N2O. The molecule has 3 nitrogen and oxygen atoms in total. The number of benzene rings is 1. The Morgan fingerprint density at radius 1 is 1.40 bits per heavy atom. The summed E-state index contributed by atoms with van der Waals surface area (Å²) in [6.07, 6.45) is 0. The zero-order valence-electron chi connectivity index (χ0n) is 9.31. The van der Waals surface area contributed by atoms with E-state index in [2.05, 4.69) is 0 Å². The maximum Gasteiger partial charge on any atom is 0.229 e. The number of hydrogen-bond acceptors (Lipinski definition) is 2. The van der Waals surface area contributed by atoms with Crippen LogP contribution in [0.2, 0.25) is 0 Å². The Morgan fingerprint density at radius 3 is 2.53 bits per heavy atom. The number of likely N-dealkylation sites (N-methyl/N-ethyl adjacent to an activating group) is 1. The van der Waals surface area contributed by atoms with Gasteiger partial charge in [-0.3, -0.25) is 4.79 Å². The molecule has 0 aliphatic rings. The molecule has 0 saturated carbocycles. The van der Waals surface area contributed by atoms with Gasteiger partial charge in [0.2, 0.25) is 5.91 Å². The predicted octanol–water partition coefficient (Wildman–Crippen LogP) is 1.21. The van der Waals surface area contributed by atoms with Crippen LogP contribution in [-0.2, 0) is 4.79 Å². The van der Waals surface area contributed by atoms with Crippen LogP contribution in [0.5, 0.6) is 0 Å². The molecular weight excluding hydrogens is 188 g/mol. The molecule has 1 aromatic carbocycles. The summed E-state index contributed by atoms with van der Waals surface area (Å²) in [5.41, 5.74) is 6.46. The van der Waals surface area contributed by atoms with E-state index in [1.807, 2.05) is 37.3 Å². The highest BCUT2D eigenvalue weighted by atomic mass is 16.2. The maximum absolute atomic E-state index is 11.9. The van der Waals surface area contributed by atoms with Crippen LogP contribution in [0.15, 0.2) is 30.3 Å². The molecule has 0 aliphatic heterocycles. The van der Waals surface area contributed by atoms with Gasteiger partial charge in [-0.05, 0) is 12.5 Å². The van der Waals surface area contributed by atoms with Crippen molar-refractivity contribution in [1.29, 1.82) is 0 Å². The topological polar surface area (TPSA) is 46.3 Å². The number of nitrogens with zero attached hydrogens (tertiary/aromatic N) is 1. The molecule has 0 fully saturated rings. The molecule has 0 bridgehead atoms. The Bertz CT molecular complexity index is 311. The van der Waals surface area contributed by atoms with Crippen molar-refractivity contribution < 1.29 is 4.79 Å². The number of nitrogens with two attached hydrogens (primary N) is 1. The molecule has 1 unspecified atom stereocenters. The van der Waals surface area contributed by atoms with E-state index in [-0.39, 0.29) is 11.8 Å². The number of amides is 1. The van der Waals surface area contributed by atoms with Crippen LogP contribution in [0.1, 0.15) is 18.4 Å². The van der Waals surface area contributed by atoms with Gasteiger partial charge in [0.1, 0.15) is 0 Å². The molecule has 82 valence electrons. The van der Waals surface area contributed by atoms with Gasteiger partial charge in [-0.2, -0.15) is 0 Å². The van der Waals surface area contributed by atoms with Gasteiger partial charge in [-0.1, -0.05) is 30.3 Å². The van der Waals surface area contributed by atoms with E-state index in [1.165, 1.54) is 0 Å². The first kappa shape index (κ1) is 11.7. The highest BCUT2D eigenvalue weighted by Gasteiger charge is 2.17. The van der Waals surface area contributed by atoms with Crippen molar-refractivity contribution in [2.24, 2.45) is 5.73 Å². The number of carbonyl (C=O) groups is 1. The van der Waals surface area contributed by atoms with Gasteiger partial charge in [0, 0.05) is 20.1 Å². The van der Waals surface area contributed by atoms with Crippen molar-refractivity contribution in [3.63, 3.8) is 0 Å². The standard InChI is InChI=1S/C12H18N2O/c1-10(11-6-4-3-5-7-11)12(15)14(2)9-8-13/h3-7,10H,8-9,13H2,1-2H3. The molecule has 15 heavy (non-hydrogen) atoms. The summed E-state index contributed by atoms with van der Waals surface area (Å²) in [7, 11) is 1.79. The van der Waals surface area contributed by atoms with Crippen LogP contribution in [0.4, 0.5) is 0 Å². The fourth-order valence-corrected chi connectivity index (χ4v) is 1.52. The summed E-state index contributed by atoms with van der Waals surface area (Å²) in [6, 6.07) is 9.78. The van der Waals surface area contributed by atoms with Crippen molar-refractivity contribution >= 4 is 5.91 Å². The molecule has 1 atom stereocenters. The van der Waals surface area contributed by atoms with Gasteiger partial charge in [0.25, 0.3) is 0 Å². The average Bonchev–Trinajstić information content (AvgIpc) is 2.28. The number of rotatable bonds is 4. The Hall–Kier alpha value is -1.35. The molecule has 1 amide bonds. The van der Waals surface area contributed by atoms with Gasteiger partial charge in [0.15, 0.2) is 0 Å². The molecule has 0 spiro atoms. The zero-order chi connectivity index (χ0) is 11.3. The lowest BCUT2D eigenvalue weighted by Crippen LogP contribution is -2.34. The third-order valence-electron chi connectivity index (χ3n) is 2.51. The normalized spacial score (nSPS) is 12.2. The molecule has 0 aliphatic carbocycles. The molecule has 0 radical (unpaired) electrons. The Balaban J connectivity index is 2.69. The second-order valence-electron chi connectivity index (χ2n) is 3.68. The second-order valence-corrected chi connectivity index (χ2v) is 3.68. The van der Waals surface area contributed by atoms with Gasteiger partial charge in [0.05, 0.1) is 5.92 Å². The first-order valence-corrected chi connectivity index (χ1v) is 5.16. The second kappa shape index (κ2) is 5.51. The van der Waals surface area contributed by atoms with Crippen LogP contribution >= 0.6 is 0 Å². The fraction of sp³-hybridized carbons (Fsp3) is 0.417. The van der Waals surface area contributed by atoms with E-state index in [1.54, 1.807) is 11.9 Å². The highest BCUT2D eigenvalue weighted by Crippen LogP contribution is 2.16. The number of carbonyl (C=O) groups excluding carboxylic acids is 1. The molecule has 0 saturated heterocycles. The molecule has 3 heteroatoms. The average molecular weight is 206 g/mol. The third kappa shape index (κ3) is 3.06. The maximum atomic E-state index is 11.9. The van der Waals surface area contributed by atoms with Crippen LogP contribution < -0.4 is 5.73 Å².